The van der Waals surface area contributed by atoms with Crippen molar-refractivity contribution in [3.05, 3.63) is 36.5 Å². The molecule has 7 heteroatoms. The molecule has 0 radical (unpaired) electrons. The minimum Gasteiger partial charge on any atom is -0.332 e. The first-order valence-corrected chi connectivity index (χ1v) is 8.82. The summed E-state index contributed by atoms with van der Waals surface area (Å²) in [5, 5.41) is 6.43. The van der Waals surface area contributed by atoms with Crippen LogP contribution in [0.25, 0.3) is 10.9 Å². The van der Waals surface area contributed by atoms with Crippen molar-refractivity contribution in [3.8, 4) is 0 Å². The lowest BCUT2D eigenvalue weighted by atomic mass is 10.0. The smallest absolute Gasteiger partial charge is 0.319 e. The van der Waals surface area contributed by atoms with Gasteiger partial charge < -0.3 is 10.6 Å². The molecule has 1 saturated heterocycles. The number of hydrogen-bond donors (Lipinski definition) is 2. The minimum atomic E-state index is -3.05. The van der Waals surface area contributed by atoms with Crippen LogP contribution in [0, 0.1) is 0 Å². The lowest BCUT2D eigenvalue weighted by Gasteiger charge is -2.24. The summed E-state index contributed by atoms with van der Waals surface area (Å²) < 4.78 is 23.1. The first-order valence-electron chi connectivity index (χ1n) is 7.00. The number of carbonyl (C=O) groups excluding carboxylic acids is 1. The fourth-order valence-electron chi connectivity index (χ4n) is 2.70. The van der Waals surface area contributed by atoms with E-state index in [9.17, 15) is 13.2 Å². The Bertz CT molecular complexity index is 835. The van der Waals surface area contributed by atoms with Crippen molar-refractivity contribution in [1.29, 1.82) is 0 Å². The van der Waals surface area contributed by atoms with Crippen LogP contribution >= 0.6 is 0 Å². The summed E-state index contributed by atoms with van der Waals surface area (Å²) in [6.07, 6.45) is 2.15. The molecule has 1 aliphatic heterocycles. The van der Waals surface area contributed by atoms with Crippen LogP contribution in [0.15, 0.2) is 36.5 Å². The number of fused-ring (bicyclic) bond motifs is 1. The van der Waals surface area contributed by atoms with Gasteiger partial charge in [-0.15, -0.1) is 0 Å². The van der Waals surface area contributed by atoms with E-state index in [0.717, 1.165) is 10.9 Å². The first kappa shape index (κ1) is 14.8. The lowest BCUT2D eigenvalue weighted by molar-refractivity contribution is 0.242. The molecule has 2 heterocycles. The zero-order chi connectivity index (χ0) is 15.8. The Hall–Kier alpha value is -2.15. The van der Waals surface area contributed by atoms with Crippen molar-refractivity contribution in [2.24, 2.45) is 0 Å². The van der Waals surface area contributed by atoms with Crippen LogP contribution in [-0.2, 0) is 9.84 Å². The van der Waals surface area contributed by atoms with Gasteiger partial charge in [-0.25, -0.2) is 13.2 Å². The number of benzene rings is 1. The number of amides is 2. The molecule has 0 unspecified atom stereocenters. The molecule has 1 fully saturated rings. The maximum absolute atomic E-state index is 12.1. The molecule has 2 N–H and O–H groups in total. The van der Waals surface area contributed by atoms with Gasteiger partial charge in [0.25, 0.3) is 0 Å². The predicted molar refractivity (Wildman–Crippen MR) is 85.6 cm³/mol. The molecule has 1 aromatic heterocycles. The number of pyridine rings is 1. The summed E-state index contributed by atoms with van der Waals surface area (Å²) in [5.41, 5.74) is 0.783. The summed E-state index contributed by atoms with van der Waals surface area (Å²) in [6.45, 7) is 1.75. The summed E-state index contributed by atoms with van der Waals surface area (Å²) in [5.74, 6) is 0.0977. The number of nitrogens with zero attached hydrogens (tertiary/aromatic N) is 1. The molecule has 3 rings (SSSR count). The predicted octanol–water partition coefficient (Wildman–Crippen LogP) is 1.93. The van der Waals surface area contributed by atoms with E-state index in [4.69, 9.17) is 0 Å². The topological polar surface area (TPSA) is 88.2 Å². The van der Waals surface area contributed by atoms with Gasteiger partial charge in [0.1, 0.15) is 0 Å². The van der Waals surface area contributed by atoms with E-state index in [1.807, 2.05) is 24.3 Å². The number of sulfone groups is 1. The second-order valence-corrected chi connectivity index (χ2v) is 8.08. The first-order chi connectivity index (χ1) is 10.4. The second-order valence-electron chi connectivity index (χ2n) is 5.89. The van der Waals surface area contributed by atoms with Gasteiger partial charge in [0, 0.05) is 17.3 Å². The highest BCUT2D eigenvalue weighted by atomic mass is 32.2. The van der Waals surface area contributed by atoms with Crippen LogP contribution in [0.4, 0.5) is 10.5 Å². The maximum atomic E-state index is 12.1. The average Bonchev–Trinajstić information content (AvgIpc) is 2.72. The molecule has 116 valence electrons. The van der Waals surface area contributed by atoms with Gasteiger partial charge in [-0.3, -0.25) is 4.98 Å². The van der Waals surface area contributed by atoms with Crippen LogP contribution in [-0.4, -0.2) is 36.5 Å². The maximum Gasteiger partial charge on any atom is 0.319 e. The Balaban J connectivity index is 1.71. The number of carbonyl (C=O) groups is 1. The van der Waals surface area contributed by atoms with E-state index >= 15 is 0 Å². The van der Waals surface area contributed by atoms with Gasteiger partial charge in [-0.1, -0.05) is 6.07 Å². The van der Waals surface area contributed by atoms with Gasteiger partial charge >= 0.3 is 6.03 Å². The van der Waals surface area contributed by atoms with E-state index in [0.29, 0.717) is 12.1 Å². The molecule has 0 spiro atoms. The molecule has 1 atom stereocenters. The van der Waals surface area contributed by atoms with E-state index < -0.39 is 21.4 Å². The van der Waals surface area contributed by atoms with Crippen molar-refractivity contribution in [2.75, 3.05) is 16.8 Å². The van der Waals surface area contributed by atoms with Crippen LogP contribution in [0.5, 0.6) is 0 Å². The molecular formula is C15H17N3O3S. The Kier molecular flexibility index (Phi) is 3.52. The minimum absolute atomic E-state index is 0.0188. The summed E-state index contributed by atoms with van der Waals surface area (Å²) in [7, 11) is -3.05. The molecule has 6 nitrogen and oxygen atoms in total. The van der Waals surface area contributed by atoms with Crippen LogP contribution in [0.2, 0.25) is 0 Å². The van der Waals surface area contributed by atoms with Crippen molar-refractivity contribution in [2.45, 2.75) is 18.9 Å². The third-order valence-corrected chi connectivity index (χ3v) is 5.68. The molecule has 2 amide bonds. The molecule has 1 aliphatic rings. The zero-order valence-corrected chi connectivity index (χ0v) is 13.0. The highest BCUT2D eigenvalue weighted by Crippen LogP contribution is 2.23. The standard InChI is InChI=1S/C15H17N3O3S/c1-15(6-8-22(20,21)10-15)18-14(19)17-12-4-5-13-11(9-12)3-2-7-16-13/h2-5,7,9H,6,8,10H2,1H3,(H2,17,18,19)/t15-/m0/s1. The largest absolute Gasteiger partial charge is 0.332 e. The van der Waals surface area contributed by atoms with Gasteiger partial charge in [-0.2, -0.15) is 0 Å². The summed E-state index contributed by atoms with van der Waals surface area (Å²) >= 11 is 0. The Morgan fingerprint density at radius 3 is 2.86 bits per heavy atom. The Morgan fingerprint density at radius 1 is 1.32 bits per heavy atom. The summed E-state index contributed by atoms with van der Waals surface area (Å²) in [4.78, 5) is 16.3. The van der Waals surface area contributed by atoms with Gasteiger partial charge in [0.15, 0.2) is 9.84 Å². The normalized spacial score (nSPS) is 23.3. The molecule has 2 aromatic rings. The van der Waals surface area contributed by atoms with Crippen molar-refractivity contribution in [3.63, 3.8) is 0 Å². The molecule has 0 bridgehead atoms. The van der Waals surface area contributed by atoms with E-state index in [2.05, 4.69) is 15.6 Å². The quantitative estimate of drug-likeness (QED) is 0.885. The third kappa shape index (κ3) is 3.19. The Labute approximate surface area is 128 Å². The average molecular weight is 319 g/mol. The monoisotopic (exact) mass is 319 g/mol. The number of rotatable bonds is 2. The fourth-order valence-corrected chi connectivity index (χ4v) is 4.79. The van der Waals surface area contributed by atoms with E-state index in [1.165, 1.54) is 0 Å². The number of aromatic nitrogens is 1. The lowest BCUT2D eigenvalue weighted by Crippen LogP contribution is -2.48. The molecule has 1 aromatic carbocycles. The number of nitrogens with one attached hydrogen (secondary N) is 2. The van der Waals surface area contributed by atoms with E-state index in [1.54, 1.807) is 19.2 Å². The Morgan fingerprint density at radius 2 is 2.14 bits per heavy atom. The van der Waals surface area contributed by atoms with Gasteiger partial charge in [0.2, 0.25) is 0 Å². The molecule has 22 heavy (non-hydrogen) atoms. The summed E-state index contributed by atoms with van der Waals surface area (Å²) in [6, 6.07) is 8.76. The fraction of sp³-hybridized carbons (Fsp3) is 0.333. The van der Waals surface area contributed by atoms with Crippen molar-refractivity contribution in [1.82, 2.24) is 10.3 Å². The third-order valence-electron chi connectivity index (χ3n) is 3.78. The molecular weight excluding hydrogens is 302 g/mol. The SMILES string of the molecule is C[C@]1(NC(=O)Nc2ccc3ncccc3c2)CCS(=O)(=O)C1. The van der Waals surface area contributed by atoms with Crippen molar-refractivity contribution < 1.29 is 13.2 Å². The highest BCUT2D eigenvalue weighted by molar-refractivity contribution is 7.91. The number of urea groups is 1. The highest BCUT2D eigenvalue weighted by Gasteiger charge is 2.39. The van der Waals surface area contributed by atoms with Crippen molar-refractivity contribution >= 4 is 32.5 Å². The van der Waals surface area contributed by atoms with Gasteiger partial charge in [-0.05, 0) is 37.6 Å². The van der Waals surface area contributed by atoms with Crippen LogP contribution < -0.4 is 10.6 Å². The zero-order valence-electron chi connectivity index (χ0n) is 12.2. The van der Waals surface area contributed by atoms with E-state index in [-0.39, 0.29) is 11.5 Å². The van der Waals surface area contributed by atoms with Gasteiger partial charge in [0.05, 0.1) is 22.6 Å². The second kappa shape index (κ2) is 5.24. The number of hydrogen-bond acceptors (Lipinski definition) is 4. The number of anilines is 1. The van der Waals surface area contributed by atoms with Crippen LogP contribution in [0.3, 0.4) is 0 Å². The molecule has 0 aliphatic carbocycles. The molecule has 0 saturated carbocycles. The van der Waals surface area contributed by atoms with Crippen LogP contribution in [0.1, 0.15) is 13.3 Å².